The van der Waals surface area contributed by atoms with Crippen LogP contribution in [-0.2, 0) is 0 Å². The molecule has 0 aromatic heterocycles. The molecule has 6 heteroatoms. The SMILES string of the molecule is COc1ccc(Oc2cc(Cl)c(Cl)cc2Cl)c(N)c1. The molecule has 0 aliphatic heterocycles. The minimum Gasteiger partial charge on any atom is -0.497 e. The number of hydrogen-bond donors (Lipinski definition) is 1. The Morgan fingerprint density at radius 1 is 0.895 bits per heavy atom. The molecule has 0 saturated heterocycles. The molecule has 0 atom stereocenters. The fourth-order valence-corrected chi connectivity index (χ4v) is 2.02. The summed E-state index contributed by atoms with van der Waals surface area (Å²) in [7, 11) is 1.56. The van der Waals surface area contributed by atoms with Crippen molar-refractivity contribution in [2.45, 2.75) is 0 Å². The second-order valence-corrected chi connectivity index (χ2v) is 4.92. The monoisotopic (exact) mass is 317 g/mol. The molecule has 0 amide bonds. The minimum absolute atomic E-state index is 0.351. The van der Waals surface area contributed by atoms with E-state index in [1.807, 2.05) is 0 Å². The lowest BCUT2D eigenvalue weighted by Crippen LogP contribution is -1.94. The van der Waals surface area contributed by atoms with Crippen LogP contribution >= 0.6 is 34.8 Å². The molecule has 2 N–H and O–H groups in total. The lowest BCUT2D eigenvalue weighted by molar-refractivity contribution is 0.413. The Bertz CT molecular complexity index is 617. The van der Waals surface area contributed by atoms with E-state index < -0.39 is 0 Å². The molecule has 2 rings (SSSR count). The number of hydrogen-bond acceptors (Lipinski definition) is 3. The van der Waals surface area contributed by atoms with Gasteiger partial charge in [0, 0.05) is 12.1 Å². The van der Waals surface area contributed by atoms with Gasteiger partial charge in [-0.25, -0.2) is 0 Å². The molecule has 2 aromatic carbocycles. The molecule has 0 fully saturated rings. The van der Waals surface area contributed by atoms with E-state index in [1.54, 1.807) is 25.3 Å². The molecule has 0 unspecified atom stereocenters. The van der Waals surface area contributed by atoms with Crippen molar-refractivity contribution in [3.63, 3.8) is 0 Å². The molecule has 0 bridgehead atoms. The summed E-state index contributed by atoms with van der Waals surface area (Å²) in [5.41, 5.74) is 6.29. The van der Waals surface area contributed by atoms with Gasteiger partial charge in [0.05, 0.1) is 27.9 Å². The normalized spacial score (nSPS) is 10.3. The lowest BCUT2D eigenvalue weighted by Gasteiger charge is -2.11. The first kappa shape index (κ1) is 14.1. The van der Waals surface area contributed by atoms with Gasteiger partial charge in [-0.2, -0.15) is 0 Å². The average molecular weight is 319 g/mol. The topological polar surface area (TPSA) is 44.5 Å². The van der Waals surface area contributed by atoms with Crippen LogP contribution in [0, 0.1) is 0 Å². The fourth-order valence-electron chi connectivity index (χ4n) is 1.45. The summed E-state index contributed by atoms with van der Waals surface area (Å²) in [6.07, 6.45) is 0. The number of halogens is 3. The van der Waals surface area contributed by atoms with Crippen molar-refractivity contribution in [2.75, 3.05) is 12.8 Å². The van der Waals surface area contributed by atoms with Crippen LogP contribution in [0.25, 0.3) is 0 Å². The predicted octanol–water partition coefficient (Wildman–Crippen LogP) is 5.03. The number of methoxy groups -OCH3 is 1. The molecule has 0 aliphatic rings. The highest BCUT2D eigenvalue weighted by atomic mass is 35.5. The molecule has 19 heavy (non-hydrogen) atoms. The largest absolute Gasteiger partial charge is 0.497 e. The van der Waals surface area contributed by atoms with E-state index in [0.717, 1.165) is 0 Å². The standard InChI is InChI=1S/C13H10Cl3NO2/c1-18-7-2-3-12(11(17)4-7)19-13-6-9(15)8(14)5-10(13)16/h2-6H,17H2,1H3. The Hall–Kier alpha value is -1.29. The van der Waals surface area contributed by atoms with Gasteiger partial charge in [-0.15, -0.1) is 0 Å². The summed E-state index contributed by atoms with van der Waals surface area (Å²) in [6.45, 7) is 0. The molecular formula is C13H10Cl3NO2. The third-order valence-electron chi connectivity index (χ3n) is 2.41. The number of anilines is 1. The summed E-state index contributed by atoms with van der Waals surface area (Å²) in [5, 5.41) is 1.07. The second-order valence-electron chi connectivity index (χ2n) is 3.70. The third-order valence-corrected chi connectivity index (χ3v) is 3.43. The highest BCUT2D eigenvalue weighted by Crippen LogP contribution is 2.38. The van der Waals surface area contributed by atoms with Crippen LogP contribution < -0.4 is 15.2 Å². The fraction of sp³-hybridized carbons (Fsp3) is 0.0769. The van der Waals surface area contributed by atoms with E-state index in [2.05, 4.69) is 0 Å². The van der Waals surface area contributed by atoms with Crippen LogP contribution in [0.3, 0.4) is 0 Å². The molecule has 3 nitrogen and oxygen atoms in total. The zero-order valence-electron chi connectivity index (χ0n) is 9.91. The Balaban J connectivity index is 2.33. The molecule has 2 aromatic rings. The first-order valence-electron chi connectivity index (χ1n) is 5.27. The predicted molar refractivity (Wildman–Crippen MR) is 79.0 cm³/mol. The van der Waals surface area contributed by atoms with Crippen LogP contribution in [0.4, 0.5) is 5.69 Å². The van der Waals surface area contributed by atoms with Crippen molar-refractivity contribution in [1.29, 1.82) is 0 Å². The van der Waals surface area contributed by atoms with Gasteiger partial charge in [0.1, 0.15) is 11.5 Å². The third kappa shape index (κ3) is 3.18. The second kappa shape index (κ2) is 5.78. The van der Waals surface area contributed by atoms with Gasteiger partial charge in [0.2, 0.25) is 0 Å². The maximum absolute atomic E-state index is 6.03. The minimum atomic E-state index is 0.351. The zero-order chi connectivity index (χ0) is 14.0. The zero-order valence-corrected chi connectivity index (χ0v) is 12.2. The van der Waals surface area contributed by atoms with Gasteiger partial charge in [0.15, 0.2) is 5.75 Å². The number of rotatable bonds is 3. The van der Waals surface area contributed by atoms with Gasteiger partial charge in [-0.1, -0.05) is 34.8 Å². The molecular weight excluding hydrogens is 309 g/mol. The van der Waals surface area contributed by atoms with Gasteiger partial charge in [0.25, 0.3) is 0 Å². The maximum atomic E-state index is 6.03. The smallest absolute Gasteiger partial charge is 0.150 e. The molecule has 0 spiro atoms. The highest BCUT2D eigenvalue weighted by molar-refractivity contribution is 6.43. The van der Waals surface area contributed by atoms with E-state index in [-0.39, 0.29) is 0 Å². The van der Waals surface area contributed by atoms with Crippen LogP contribution in [0.2, 0.25) is 15.1 Å². The summed E-state index contributed by atoms with van der Waals surface area (Å²) in [4.78, 5) is 0. The van der Waals surface area contributed by atoms with E-state index in [9.17, 15) is 0 Å². The quantitative estimate of drug-likeness (QED) is 0.637. The Morgan fingerprint density at radius 3 is 2.21 bits per heavy atom. The van der Waals surface area contributed by atoms with Crippen molar-refractivity contribution in [3.8, 4) is 17.2 Å². The van der Waals surface area contributed by atoms with E-state index in [1.165, 1.54) is 12.1 Å². The molecule has 0 heterocycles. The van der Waals surface area contributed by atoms with Gasteiger partial charge in [-0.3, -0.25) is 0 Å². The Kier molecular flexibility index (Phi) is 4.30. The summed E-state index contributed by atoms with van der Waals surface area (Å²) in [5.74, 6) is 1.49. The molecule has 0 saturated carbocycles. The number of ether oxygens (including phenoxy) is 2. The maximum Gasteiger partial charge on any atom is 0.150 e. The first-order valence-corrected chi connectivity index (χ1v) is 6.40. The summed E-state index contributed by atoms with van der Waals surface area (Å²) >= 11 is 17.8. The van der Waals surface area contributed by atoms with E-state index in [4.69, 9.17) is 50.0 Å². The number of nitrogens with two attached hydrogens (primary N) is 1. The van der Waals surface area contributed by atoms with Crippen molar-refractivity contribution in [1.82, 2.24) is 0 Å². The van der Waals surface area contributed by atoms with Crippen LogP contribution in [0.1, 0.15) is 0 Å². The average Bonchev–Trinajstić information content (AvgIpc) is 2.38. The van der Waals surface area contributed by atoms with Crippen molar-refractivity contribution < 1.29 is 9.47 Å². The summed E-state index contributed by atoms with van der Waals surface area (Å²) in [6, 6.07) is 8.13. The van der Waals surface area contributed by atoms with E-state index in [0.29, 0.717) is 38.0 Å². The van der Waals surface area contributed by atoms with Crippen molar-refractivity contribution in [3.05, 3.63) is 45.4 Å². The van der Waals surface area contributed by atoms with E-state index >= 15 is 0 Å². The Morgan fingerprint density at radius 2 is 1.58 bits per heavy atom. The lowest BCUT2D eigenvalue weighted by atomic mass is 10.2. The van der Waals surface area contributed by atoms with Gasteiger partial charge < -0.3 is 15.2 Å². The molecule has 0 aliphatic carbocycles. The number of nitrogen functional groups attached to an aromatic ring is 1. The van der Waals surface area contributed by atoms with Crippen molar-refractivity contribution >= 4 is 40.5 Å². The van der Waals surface area contributed by atoms with Crippen LogP contribution in [-0.4, -0.2) is 7.11 Å². The van der Waals surface area contributed by atoms with Crippen LogP contribution in [0.5, 0.6) is 17.2 Å². The molecule has 100 valence electrons. The van der Waals surface area contributed by atoms with Gasteiger partial charge in [-0.05, 0) is 18.2 Å². The van der Waals surface area contributed by atoms with Crippen molar-refractivity contribution in [2.24, 2.45) is 0 Å². The summed E-state index contributed by atoms with van der Waals surface area (Å²) < 4.78 is 10.7. The Labute approximate surface area is 125 Å². The molecule has 0 radical (unpaired) electrons. The first-order chi connectivity index (χ1) is 9.01. The van der Waals surface area contributed by atoms with Gasteiger partial charge >= 0.3 is 0 Å². The number of benzene rings is 2. The van der Waals surface area contributed by atoms with Crippen LogP contribution in [0.15, 0.2) is 30.3 Å². The highest BCUT2D eigenvalue weighted by Gasteiger charge is 2.10.